The maximum absolute atomic E-state index is 8.96. The third-order valence-electron chi connectivity index (χ3n) is 2.09. The first-order chi connectivity index (χ1) is 6.18. The molecule has 2 nitrogen and oxygen atoms in total. The number of unbranched alkanes of at least 4 members (excludes halogenated alkanes) is 1. The predicted octanol–water partition coefficient (Wildman–Crippen LogP) is 2.41. The summed E-state index contributed by atoms with van der Waals surface area (Å²) in [6, 6.07) is 2.34. The molecule has 0 fully saturated rings. The topological polar surface area (TPSA) is 35.8 Å². The van der Waals surface area contributed by atoms with Crippen molar-refractivity contribution >= 4 is 11.8 Å². The number of thioether (sulfide) groups is 1. The molecular weight excluding hydrogens is 180 g/mol. The van der Waals surface area contributed by atoms with Gasteiger partial charge in [0, 0.05) is 0 Å². The second-order valence-electron chi connectivity index (χ2n) is 3.42. The predicted molar refractivity (Wildman–Crippen MR) is 59.9 cm³/mol. The van der Waals surface area contributed by atoms with E-state index in [1.807, 2.05) is 25.6 Å². The van der Waals surface area contributed by atoms with Gasteiger partial charge in [-0.2, -0.15) is 17.0 Å². The number of nitrogens with zero attached hydrogens (tertiary/aromatic N) is 1. The highest BCUT2D eigenvalue weighted by Crippen LogP contribution is 2.13. The van der Waals surface area contributed by atoms with Crippen LogP contribution in [0, 0.1) is 11.3 Å². The molecule has 0 radical (unpaired) electrons. The molecule has 1 unspecified atom stereocenters. The Morgan fingerprint density at radius 2 is 2.15 bits per heavy atom. The van der Waals surface area contributed by atoms with Gasteiger partial charge in [0.15, 0.2) is 0 Å². The molecule has 13 heavy (non-hydrogen) atoms. The van der Waals surface area contributed by atoms with Crippen molar-refractivity contribution in [2.24, 2.45) is 0 Å². The van der Waals surface area contributed by atoms with Crippen molar-refractivity contribution in [1.29, 1.82) is 5.26 Å². The van der Waals surface area contributed by atoms with E-state index in [4.69, 9.17) is 5.26 Å². The third kappa shape index (κ3) is 5.95. The van der Waals surface area contributed by atoms with E-state index in [2.05, 4.69) is 17.6 Å². The minimum atomic E-state index is -0.312. The summed E-state index contributed by atoms with van der Waals surface area (Å²) >= 11 is 1.87. The Balaban J connectivity index is 3.65. The average molecular weight is 200 g/mol. The van der Waals surface area contributed by atoms with Gasteiger partial charge in [-0.3, -0.25) is 5.32 Å². The first kappa shape index (κ1) is 12.8. The first-order valence-electron chi connectivity index (χ1n) is 4.83. The van der Waals surface area contributed by atoms with E-state index in [1.54, 1.807) is 0 Å². The first-order valence-corrected chi connectivity index (χ1v) is 6.23. The van der Waals surface area contributed by atoms with Crippen LogP contribution in [0.2, 0.25) is 0 Å². The zero-order valence-electron chi connectivity index (χ0n) is 8.89. The van der Waals surface area contributed by atoms with Crippen LogP contribution in [0.25, 0.3) is 0 Å². The Morgan fingerprint density at radius 1 is 1.46 bits per heavy atom. The van der Waals surface area contributed by atoms with Crippen LogP contribution in [0.15, 0.2) is 0 Å². The molecule has 3 heteroatoms. The highest BCUT2D eigenvalue weighted by Gasteiger charge is 2.20. The molecular formula is C10H20N2S. The highest BCUT2D eigenvalue weighted by molar-refractivity contribution is 7.98. The van der Waals surface area contributed by atoms with Gasteiger partial charge in [0.05, 0.1) is 6.07 Å². The summed E-state index contributed by atoms with van der Waals surface area (Å²) in [7, 11) is 0. The smallest absolute Gasteiger partial charge is 0.103 e. The normalized spacial score (nSPS) is 14.9. The van der Waals surface area contributed by atoms with Crippen molar-refractivity contribution in [3.63, 3.8) is 0 Å². The van der Waals surface area contributed by atoms with Gasteiger partial charge < -0.3 is 0 Å². The Kier molecular flexibility index (Phi) is 7.12. The minimum absolute atomic E-state index is 0.312. The van der Waals surface area contributed by atoms with Crippen LogP contribution in [0.4, 0.5) is 0 Å². The fraction of sp³-hybridized carbons (Fsp3) is 0.900. The molecule has 1 N–H and O–H groups in total. The van der Waals surface area contributed by atoms with Crippen LogP contribution >= 0.6 is 11.8 Å². The second kappa shape index (κ2) is 7.23. The lowest BCUT2D eigenvalue weighted by Gasteiger charge is -2.22. The molecule has 0 bridgehead atoms. The lowest BCUT2D eigenvalue weighted by atomic mass is 9.97. The van der Waals surface area contributed by atoms with E-state index in [0.717, 1.165) is 19.4 Å². The number of hydrogen-bond donors (Lipinski definition) is 1. The van der Waals surface area contributed by atoms with Gasteiger partial charge in [-0.05, 0) is 44.7 Å². The molecule has 0 amide bonds. The van der Waals surface area contributed by atoms with Crippen molar-refractivity contribution in [2.45, 2.75) is 38.6 Å². The van der Waals surface area contributed by atoms with E-state index in [9.17, 15) is 0 Å². The lowest BCUT2D eigenvalue weighted by molar-refractivity contribution is 0.416. The molecule has 0 heterocycles. The van der Waals surface area contributed by atoms with E-state index >= 15 is 0 Å². The fourth-order valence-electron chi connectivity index (χ4n) is 1.30. The van der Waals surface area contributed by atoms with Crippen LogP contribution < -0.4 is 5.32 Å². The maximum atomic E-state index is 8.96. The van der Waals surface area contributed by atoms with Crippen LogP contribution in [0.1, 0.15) is 33.1 Å². The zero-order valence-corrected chi connectivity index (χ0v) is 9.71. The Hall–Kier alpha value is -0.200. The largest absolute Gasteiger partial charge is 0.300 e. The number of hydrogen-bond acceptors (Lipinski definition) is 3. The van der Waals surface area contributed by atoms with Gasteiger partial charge >= 0.3 is 0 Å². The zero-order chi connectivity index (χ0) is 10.2. The van der Waals surface area contributed by atoms with Gasteiger partial charge in [0.2, 0.25) is 0 Å². The van der Waals surface area contributed by atoms with Gasteiger partial charge in [0.1, 0.15) is 5.54 Å². The summed E-state index contributed by atoms with van der Waals surface area (Å²) in [5.74, 6) is 1.20. The molecule has 0 rings (SSSR count). The van der Waals surface area contributed by atoms with Gasteiger partial charge in [-0.25, -0.2) is 0 Å². The quantitative estimate of drug-likeness (QED) is 0.641. The molecule has 0 saturated carbocycles. The summed E-state index contributed by atoms with van der Waals surface area (Å²) in [4.78, 5) is 0. The highest BCUT2D eigenvalue weighted by atomic mass is 32.2. The third-order valence-corrected chi connectivity index (χ3v) is 2.79. The second-order valence-corrected chi connectivity index (χ2v) is 4.41. The molecule has 0 saturated heterocycles. The summed E-state index contributed by atoms with van der Waals surface area (Å²) in [5.41, 5.74) is -0.312. The standard InChI is InChI=1S/C10H20N2S/c1-4-12-10(2,9-11)7-5-6-8-13-3/h12H,4-8H2,1-3H3. The summed E-state index contributed by atoms with van der Waals surface area (Å²) in [6.07, 6.45) is 5.42. The summed E-state index contributed by atoms with van der Waals surface area (Å²) < 4.78 is 0. The van der Waals surface area contributed by atoms with Gasteiger partial charge in [-0.15, -0.1) is 0 Å². The SMILES string of the molecule is CCNC(C)(C#N)CCCCSC. The monoisotopic (exact) mass is 200 g/mol. The van der Waals surface area contributed by atoms with E-state index in [1.165, 1.54) is 12.2 Å². The van der Waals surface area contributed by atoms with Crippen molar-refractivity contribution in [3.8, 4) is 6.07 Å². The molecule has 0 aliphatic rings. The van der Waals surface area contributed by atoms with E-state index < -0.39 is 0 Å². The van der Waals surface area contributed by atoms with Crippen LogP contribution in [-0.2, 0) is 0 Å². The van der Waals surface area contributed by atoms with Gasteiger partial charge in [0.25, 0.3) is 0 Å². The molecule has 0 spiro atoms. The molecule has 0 aromatic rings. The van der Waals surface area contributed by atoms with Crippen LogP contribution in [-0.4, -0.2) is 24.1 Å². The lowest BCUT2D eigenvalue weighted by Crippen LogP contribution is -2.40. The van der Waals surface area contributed by atoms with Crippen molar-refractivity contribution < 1.29 is 0 Å². The Morgan fingerprint density at radius 3 is 2.62 bits per heavy atom. The van der Waals surface area contributed by atoms with Crippen LogP contribution in [0.3, 0.4) is 0 Å². The van der Waals surface area contributed by atoms with Crippen molar-refractivity contribution in [1.82, 2.24) is 5.32 Å². The number of rotatable bonds is 7. The molecule has 1 atom stereocenters. The van der Waals surface area contributed by atoms with Crippen LogP contribution in [0.5, 0.6) is 0 Å². The van der Waals surface area contributed by atoms with Gasteiger partial charge in [-0.1, -0.05) is 6.92 Å². The number of nitriles is 1. The molecule has 0 aromatic carbocycles. The molecule has 0 aliphatic heterocycles. The number of nitrogens with one attached hydrogen (secondary N) is 1. The molecule has 76 valence electrons. The molecule has 0 aliphatic carbocycles. The summed E-state index contributed by atoms with van der Waals surface area (Å²) in [5, 5.41) is 12.2. The van der Waals surface area contributed by atoms with Crippen molar-refractivity contribution in [2.75, 3.05) is 18.6 Å². The summed E-state index contributed by atoms with van der Waals surface area (Å²) in [6.45, 7) is 4.89. The average Bonchev–Trinajstić information content (AvgIpc) is 2.13. The van der Waals surface area contributed by atoms with E-state index in [0.29, 0.717) is 0 Å². The minimum Gasteiger partial charge on any atom is -0.300 e. The maximum Gasteiger partial charge on any atom is 0.103 e. The Bertz CT molecular complexity index is 165. The Labute approximate surface area is 86.1 Å². The molecule has 0 aromatic heterocycles. The van der Waals surface area contributed by atoms with E-state index in [-0.39, 0.29) is 5.54 Å². The van der Waals surface area contributed by atoms with Crippen molar-refractivity contribution in [3.05, 3.63) is 0 Å². The fourth-order valence-corrected chi connectivity index (χ4v) is 1.79.